The molecule has 1 aliphatic heterocycles. The Labute approximate surface area is 207 Å². The zero-order valence-electron chi connectivity index (χ0n) is 19.6. The molecule has 0 atom stereocenters. The van der Waals surface area contributed by atoms with E-state index in [1.54, 1.807) is 16.4 Å². The molecule has 0 spiro atoms. The van der Waals surface area contributed by atoms with Gasteiger partial charge in [0.1, 0.15) is 0 Å². The standard InChI is InChI=1S/C31H27NO2S/c1-24-17-19-29(20-18-24)35(33,34)32-22-28(21-25-11-5-2-6-12-25)30(23-32)31(26-13-7-3-8-14-26)27-15-9-4-10-16-27/h2-21H,22-23H2,1H3/b28-21+. The molecule has 0 bridgehead atoms. The van der Waals surface area contributed by atoms with Crippen LogP contribution in [0.2, 0.25) is 0 Å². The van der Waals surface area contributed by atoms with Crippen molar-refractivity contribution in [3.05, 3.63) is 149 Å². The fourth-order valence-corrected chi connectivity index (χ4v) is 5.88. The highest BCUT2D eigenvalue weighted by atomic mass is 32.2. The highest BCUT2D eigenvalue weighted by Crippen LogP contribution is 2.37. The van der Waals surface area contributed by atoms with Gasteiger partial charge in [-0.3, -0.25) is 0 Å². The van der Waals surface area contributed by atoms with Gasteiger partial charge in [-0.15, -0.1) is 0 Å². The minimum Gasteiger partial charge on any atom is -0.207 e. The Hall–Kier alpha value is -3.73. The van der Waals surface area contributed by atoms with E-state index in [4.69, 9.17) is 0 Å². The molecule has 1 aliphatic rings. The van der Waals surface area contributed by atoms with E-state index in [2.05, 4.69) is 30.3 Å². The monoisotopic (exact) mass is 477 g/mol. The van der Waals surface area contributed by atoms with Gasteiger partial charge in [0, 0.05) is 13.1 Å². The number of rotatable bonds is 5. The van der Waals surface area contributed by atoms with Crippen LogP contribution in [-0.2, 0) is 10.0 Å². The van der Waals surface area contributed by atoms with E-state index in [-0.39, 0.29) is 0 Å². The highest BCUT2D eigenvalue weighted by Gasteiger charge is 2.34. The lowest BCUT2D eigenvalue weighted by Gasteiger charge is -2.16. The van der Waals surface area contributed by atoms with E-state index in [1.807, 2.05) is 85.8 Å². The van der Waals surface area contributed by atoms with Crippen LogP contribution in [0.15, 0.2) is 131 Å². The van der Waals surface area contributed by atoms with E-state index < -0.39 is 10.0 Å². The average Bonchev–Trinajstić information content (AvgIpc) is 3.30. The first-order valence-electron chi connectivity index (χ1n) is 11.7. The molecule has 0 amide bonds. The molecule has 0 saturated carbocycles. The average molecular weight is 478 g/mol. The number of sulfonamides is 1. The summed E-state index contributed by atoms with van der Waals surface area (Å²) in [5, 5.41) is 0. The molecule has 0 aromatic heterocycles. The summed E-state index contributed by atoms with van der Waals surface area (Å²) in [5.74, 6) is 0. The minimum absolute atomic E-state index is 0.313. The summed E-state index contributed by atoms with van der Waals surface area (Å²) in [6.07, 6.45) is 2.12. The van der Waals surface area contributed by atoms with Crippen LogP contribution in [0.5, 0.6) is 0 Å². The Morgan fingerprint density at radius 1 is 0.686 bits per heavy atom. The molecule has 3 nitrogen and oxygen atoms in total. The Bertz CT molecular complexity index is 1430. The number of nitrogens with zero attached hydrogens (tertiary/aromatic N) is 1. The van der Waals surface area contributed by atoms with Crippen LogP contribution in [0.25, 0.3) is 11.6 Å². The van der Waals surface area contributed by atoms with Gasteiger partial charge in [-0.25, -0.2) is 8.42 Å². The predicted molar refractivity (Wildman–Crippen MR) is 143 cm³/mol. The Balaban J connectivity index is 1.70. The second-order valence-corrected chi connectivity index (χ2v) is 10.7. The van der Waals surface area contributed by atoms with Crippen molar-refractivity contribution in [1.29, 1.82) is 0 Å². The Morgan fingerprint density at radius 2 is 1.20 bits per heavy atom. The second-order valence-electron chi connectivity index (χ2n) is 8.75. The molecule has 0 unspecified atom stereocenters. The molecule has 0 aliphatic carbocycles. The summed E-state index contributed by atoms with van der Waals surface area (Å²) in [5.41, 5.74) is 7.33. The Morgan fingerprint density at radius 3 is 1.74 bits per heavy atom. The van der Waals surface area contributed by atoms with Crippen LogP contribution in [0, 0.1) is 6.92 Å². The van der Waals surface area contributed by atoms with Crippen molar-refractivity contribution in [2.24, 2.45) is 0 Å². The minimum atomic E-state index is -3.65. The summed E-state index contributed by atoms with van der Waals surface area (Å²) in [6.45, 7) is 2.59. The molecule has 0 radical (unpaired) electrons. The fourth-order valence-electron chi connectivity index (χ4n) is 4.50. The molecule has 4 heteroatoms. The number of hydrogen-bond donors (Lipinski definition) is 0. The molecule has 1 fully saturated rings. The molecule has 0 N–H and O–H groups in total. The van der Waals surface area contributed by atoms with Gasteiger partial charge in [0.15, 0.2) is 0 Å². The van der Waals surface area contributed by atoms with Crippen LogP contribution in [0.4, 0.5) is 0 Å². The van der Waals surface area contributed by atoms with E-state index in [1.165, 1.54) is 0 Å². The third-order valence-electron chi connectivity index (χ3n) is 6.29. The van der Waals surface area contributed by atoms with Crippen molar-refractivity contribution in [3.8, 4) is 0 Å². The van der Waals surface area contributed by atoms with Gasteiger partial charge in [-0.2, -0.15) is 4.31 Å². The molecule has 5 rings (SSSR count). The zero-order valence-corrected chi connectivity index (χ0v) is 20.4. The van der Waals surface area contributed by atoms with Gasteiger partial charge in [0.25, 0.3) is 0 Å². The summed E-state index contributed by atoms with van der Waals surface area (Å²) in [4.78, 5) is 0.324. The smallest absolute Gasteiger partial charge is 0.207 e. The fraction of sp³-hybridized carbons (Fsp3) is 0.0968. The SMILES string of the molecule is Cc1ccc(S(=O)(=O)N2CC(=C(c3ccccc3)c3ccccc3)/C(=C/c3ccccc3)C2)cc1. The first-order valence-corrected chi connectivity index (χ1v) is 13.1. The molecule has 174 valence electrons. The second kappa shape index (κ2) is 9.87. The maximum atomic E-state index is 13.7. The quantitative estimate of drug-likeness (QED) is 0.325. The van der Waals surface area contributed by atoms with Gasteiger partial charge < -0.3 is 0 Å². The summed E-state index contributed by atoms with van der Waals surface area (Å²) in [6, 6.07) is 37.6. The van der Waals surface area contributed by atoms with Gasteiger partial charge >= 0.3 is 0 Å². The third kappa shape index (κ3) is 4.90. The molecule has 4 aromatic rings. The van der Waals surface area contributed by atoms with Crippen LogP contribution in [0.3, 0.4) is 0 Å². The molecule has 1 saturated heterocycles. The maximum Gasteiger partial charge on any atom is 0.243 e. The Kier molecular flexibility index (Phi) is 6.49. The number of hydrogen-bond acceptors (Lipinski definition) is 2. The summed E-state index contributed by atoms with van der Waals surface area (Å²) >= 11 is 0. The lowest BCUT2D eigenvalue weighted by Crippen LogP contribution is -2.28. The van der Waals surface area contributed by atoms with Crippen LogP contribution in [0.1, 0.15) is 22.3 Å². The third-order valence-corrected chi connectivity index (χ3v) is 8.10. The predicted octanol–water partition coefficient (Wildman–Crippen LogP) is 6.59. The topological polar surface area (TPSA) is 37.4 Å². The highest BCUT2D eigenvalue weighted by molar-refractivity contribution is 7.89. The normalized spacial score (nSPS) is 15.5. The van der Waals surface area contributed by atoms with Gasteiger partial charge in [-0.05, 0) is 52.5 Å². The first-order chi connectivity index (χ1) is 17.0. The molecular weight excluding hydrogens is 450 g/mol. The van der Waals surface area contributed by atoms with Crippen molar-refractivity contribution in [2.45, 2.75) is 11.8 Å². The van der Waals surface area contributed by atoms with Crippen molar-refractivity contribution < 1.29 is 8.42 Å². The van der Waals surface area contributed by atoms with Gasteiger partial charge in [0.2, 0.25) is 10.0 Å². The molecule has 35 heavy (non-hydrogen) atoms. The molecule has 4 aromatic carbocycles. The van der Waals surface area contributed by atoms with Crippen LogP contribution >= 0.6 is 0 Å². The van der Waals surface area contributed by atoms with E-state index >= 15 is 0 Å². The lowest BCUT2D eigenvalue weighted by molar-refractivity contribution is 0.489. The van der Waals surface area contributed by atoms with E-state index in [9.17, 15) is 8.42 Å². The summed E-state index contributed by atoms with van der Waals surface area (Å²) < 4.78 is 28.9. The van der Waals surface area contributed by atoms with Crippen molar-refractivity contribution in [3.63, 3.8) is 0 Å². The van der Waals surface area contributed by atoms with E-state index in [0.717, 1.165) is 39.0 Å². The zero-order chi connectivity index (χ0) is 24.3. The largest absolute Gasteiger partial charge is 0.243 e. The maximum absolute atomic E-state index is 13.7. The summed E-state index contributed by atoms with van der Waals surface area (Å²) in [7, 11) is -3.65. The number of benzene rings is 4. The van der Waals surface area contributed by atoms with Gasteiger partial charge in [0.05, 0.1) is 4.90 Å². The van der Waals surface area contributed by atoms with Crippen molar-refractivity contribution in [1.82, 2.24) is 4.31 Å². The first kappa shape index (κ1) is 23.0. The van der Waals surface area contributed by atoms with Crippen LogP contribution in [-0.4, -0.2) is 25.8 Å². The van der Waals surface area contributed by atoms with Gasteiger partial charge in [-0.1, -0.05) is 115 Å². The van der Waals surface area contributed by atoms with Crippen molar-refractivity contribution >= 4 is 21.7 Å². The molecule has 1 heterocycles. The van der Waals surface area contributed by atoms with Crippen molar-refractivity contribution in [2.75, 3.05) is 13.1 Å². The molecular formula is C31H27NO2S. The van der Waals surface area contributed by atoms with E-state index in [0.29, 0.717) is 18.0 Å². The van der Waals surface area contributed by atoms with Crippen LogP contribution < -0.4 is 0 Å². The lowest BCUT2D eigenvalue weighted by atomic mass is 9.90. The number of aryl methyl sites for hydroxylation is 1.